The molecule has 4 heteroatoms. The average molecular weight is 303 g/mol. The van der Waals surface area contributed by atoms with Crippen LogP contribution in [0.25, 0.3) is 0 Å². The molecule has 3 fully saturated rings. The van der Waals surface area contributed by atoms with Crippen LogP contribution in [0, 0.1) is 11.8 Å². The minimum Gasteiger partial charge on any atom is -0.374 e. The maximum absolute atomic E-state index is 5.94. The van der Waals surface area contributed by atoms with Gasteiger partial charge in [-0.2, -0.15) is 5.10 Å². The van der Waals surface area contributed by atoms with Crippen LogP contribution in [0.15, 0.2) is 12.4 Å². The minimum absolute atomic E-state index is 0.283. The molecule has 2 unspecified atom stereocenters. The lowest BCUT2D eigenvalue weighted by molar-refractivity contribution is -0.0469. The molecule has 3 aliphatic rings. The second kappa shape index (κ2) is 5.97. The highest BCUT2D eigenvalue weighted by Crippen LogP contribution is 2.61. The van der Waals surface area contributed by atoms with Crippen molar-refractivity contribution >= 4 is 0 Å². The van der Waals surface area contributed by atoms with Crippen molar-refractivity contribution in [3.8, 4) is 0 Å². The van der Waals surface area contributed by atoms with Gasteiger partial charge in [-0.1, -0.05) is 12.8 Å². The molecular formula is C18H29N3O. The summed E-state index contributed by atoms with van der Waals surface area (Å²) in [4.78, 5) is 2.51. The molecule has 0 spiro atoms. The molecule has 1 saturated heterocycles. The van der Waals surface area contributed by atoms with Gasteiger partial charge in [0.1, 0.15) is 0 Å². The maximum atomic E-state index is 5.94. The fraction of sp³-hybridized carbons (Fsp3) is 0.833. The lowest BCUT2D eigenvalue weighted by atomic mass is 10.0. The molecule has 4 atom stereocenters. The van der Waals surface area contributed by atoms with Crippen molar-refractivity contribution < 1.29 is 4.74 Å². The van der Waals surface area contributed by atoms with E-state index in [1.807, 2.05) is 0 Å². The number of rotatable bonds is 4. The fourth-order valence-electron chi connectivity index (χ4n) is 4.67. The van der Waals surface area contributed by atoms with Crippen LogP contribution in [0.5, 0.6) is 0 Å². The van der Waals surface area contributed by atoms with Crippen molar-refractivity contribution in [2.75, 3.05) is 19.7 Å². The number of nitrogens with zero attached hydrogens (tertiary/aromatic N) is 3. The minimum atomic E-state index is 0.283. The smallest absolute Gasteiger partial charge is 0.0898 e. The second-order valence-electron chi connectivity index (χ2n) is 7.72. The third-order valence-electron chi connectivity index (χ3n) is 5.99. The van der Waals surface area contributed by atoms with Crippen LogP contribution in [0.4, 0.5) is 0 Å². The summed E-state index contributed by atoms with van der Waals surface area (Å²) >= 11 is 0. The molecule has 0 radical (unpaired) electrons. The molecule has 1 aromatic heterocycles. The van der Waals surface area contributed by atoms with Gasteiger partial charge in [-0.25, -0.2) is 0 Å². The predicted molar refractivity (Wildman–Crippen MR) is 86.9 cm³/mol. The van der Waals surface area contributed by atoms with Crippen molar-refractivity contribution in [1.29, 1.82) is 0 Å². The summed E-state index contributed by atoms with van der Waals surface area (Å²) < 4.78 is 8.06. The third kappa shape index (κ3) is 2.83. The zero-order valence-electron chi connectivity index (χ0n) is 13.9. The number of fused-ring (bicyclic) bond motifs is 1. The Morgan fingerprint density at radius 1 is 1.27 bits per heavy atom. The SMILES string of the molecule is CC(C)N1CCOC(Cn2cc(C3[C@H]4CCCC[C@@H]34)cn2)C1. The summed E-state index contributed by atoms with van der Waals surface area (Å²) in [5.74, 6) is 2.75. The van der Waals surface area contributed by atoms with Crippen molar-refractivity contribution in [3.05, 3.63) is 18.0 Å². The van der Waals surface area contributed by atoms with Crippen molar-refractivity contribution in [2.45, 2.75) is 64.1 Å². The first-order valence-corrected chi connectivity index (χ1v) is 9.10. The second-order valence-corrected chi connectivity index (χ2v) is 7.72. The average Bonchev–Trinajstić information content (AvgIpc) is 3.09. The fourth-order valence-corrected chi connectivity index (χ4v) is 4.67. The lowest BCUT2D eigenvalue weighted by Crippen LogP contribution is -2.47. The molecule has 0 aromatic carbocycles. The Hall–Kier alpha value is -0.870. The monoisotopic (exact) mass is 303 g/mol. The van der Waals surface area contributed by atoms with Gasteiger partial charge in [-0.15, -0.1) is 0 Å². The summed E-state index contributed by atoms with van der Waals surface area (Å²) in [5, 5.41) is 4.62. The van der Waals surface area contributed by atoms with Gasteiger partial charge in [0.05, 0.1) is 25.5 Å². The van der Waals surface area contributed by atoms with E-state index in [-0.39, 0.29) is 6.10 Å². The van der Waals surface area contributed by atoms with Crippen LogP contribution >= 0.6 is 0 Å². The van der Waals surface area contributed by atoms with E-state index >= 15 is 0 Å². The molecule has 2 heterocycles. The zero-order valence-corrected chi connectivity index (χ0v) is 13.9. The highest BCUT2D eigenvalue weighted by atomic mass is 16.5. The Bertz CT molecular complexity index is 500. The molecule has 2 saturated carbocycles. The molecule has 0 N–H and O–H groups in total. The molecule has 1 aliphatic heterocycles. The maximum Gasteiger partial charge on any atom is 0.0898 e. The van der Waals surface area contributed by atoms with Gasteiger partial charge in [0.25, 0.3) is 0 Å². The van der Waals surface area contributed by atoms with E-state index in [4.69, 9.17) is 4.74 Å². The van der Waals surface area contributed by atoms with Gasteiger partial charge in [0.15, 0.2) is 0 Å². The van der Waals surface area contributed by atoms with Gasteiger partial charge in [-0.3, -0.25) is 9.58 Å². The van der Waals surface area contributed by atoms with Gasteiger partial charge in [0.2, 0.25) is 0 Å². The number of morpholine rings is 1. The molecule has 4 rings (SSSR count). The van der Waals surface area contributed by atoms with Crippen molar-refractivity contribution in [1.82, 2.24) is 14.7 Å². The number of hydrogen-bond donors (Lipinski definition) is 0. The highest BCUT2D eigenvalue weighted by Gasteiger charge is 2.51. The van der Waals surface area contributed by atoms with E-state index in [0.29, 0.717) is 6.04 Å². The predicted octanol–water partition coefficient (Wildman–Crippen LogP) is 2.90. The first-order chi connectivity index (χ1) is 10.7. The Morgan fingerprint density at radius 3 is 2.77 bits per heavy atom. The van der Waals surface area contributed by atoms with E-state index in [1.165, 1.54) is 31.2 Å². The summed E-state index contributed by atoms with van der Waals surface area (Å²) in [5.41, 5.74) is 1.48. The summed E-state index contributed by atoms with van der Waals surface area (Å²) in [6.45, 7) is 8.37. The van der Waals surface area contributed by atoms with Gasteiger partial charge in [-0.05, 0) is 50.0 Å². The number of hydrogen-bond acceptors (Lipinski definition) is 3. The van der Waals surface area contributed by atoms with Gasteiger partial charge in [0, 0.05) is 25.3 Å². The number of aromatic nitrogens is 2. The largest absolute Gasteiger partial charge is 0.374 e. The van der Waals surface area contributed by atoms with Crippen LogP contribution < -0.4 is 0 Å². The van der Waals surface area contributed by atoms with E-state index in [0.717, 1.165) is 44.0 Å². The number of ether oxygens (including phenoxy) is 1. The normalized spacial score (nSPS) is 35.6. The van der Waals surface area contributed by atoms with Crippen LogP contribution in [-0.4, -0.2) is 46.5 Å². The zero-order chi connectivity index (χ0) is 15.1. The standard InChI is InChI=1S/C18H29N3O/c1-13(2)20-7-8-22-15(11-20)12-21-10-14(9-19-21)18-16-5-3-4-6-17(16)18/h9-10,13,15-18H,3-8,11-12H2,1-2H3/t15?,16-,17+,18?. The molecule has 0 bridgehead atoms. The summed E-state index contributed by atoms with van der Waals surface area (Å²) in [6, 6.07) is 0.606. The first kappa shape index (κ1) is 14.7. The quantitative estimate of drug-likeness (QED) is 0.857. The summed E-state index contributed by atoms with van der Waals surface area (Å²) in [7, 11) is 0. The van der Waals surface area contributed by atoms with E-state index < -0.39 is 0 Å². The molecule has 2 aliphatic carbocycles. The van der Waals surface area contributed by atoms with E-state index in [2.05, 4.69) is 40.9 Å². The third-order valence-corrected chi connectivity index (χ3v) is 5.99. The van der Waals surface area contributed by atoms with Crippen LogP contribution in [0.1, 0.15) is 51.0 Å². The molecule has 22 heavy (non-hydrogen) atoms. The molecular weight excluding hydrogens is 274 g/mol. The Balaban J connectivity index is 1.36. The van der Waals surface area contributed by atoms with Crippen molar-refractivity contribution in [3.63, 3.8) is 0 Å². The molecule has 0 amide bonds. The molecule has 122 valence electrons. The Kier molecular flexibility index (Phi) is 3.99. The van der Waals surface area contributed by atoms with E-state index in [1.54, 1.807) is 0 Å². The summed E-state index contributed by atoms with van der Waals surface area (Å²) in [6.07, 6.45) is 10.4. The van der Waals surface area contributed by atoms with Crippen LogP contribution in [-0.2, 0) is 11.3 Å². The topological polar surface area (TPSA) is 30.3 Å². The molecule has 4 nitrogen and oxygen atoms in total. The highest BCUT2D eigenvalue weighted by molar-refractivity contribution is 5.24. The molecule has 1 aromatic rings. The van der Waals surface area contributed by atoms with Crippen LogP contribution in [0.2, 0.25) is 0 Å². The lowest BCUT2D eigenvalue weighted by Gasteiger charge is -2.35. The van der Waals surface area contributed by atoms with Crippen molar-refractivity contribution in [2.24, 2.45) is 11.8 Å². The van der Waals surface area contributed by atoms with Gasteiger partial charge >= 0.3 is 0 Å². The van der Waals surface area contributed by atoms with E-state index in [9.17, 15) is 0 Å². The Labute approximate surface area is 133 Å². The van der Waals surface area contributed by atoms with Gasteiger partial charge < -0.3 is 4.74 Å². The van der Waals surface area contributed by atoms with Crippen LogP contribution in [0.3, 0.4) is 0 Å². The first-order valence-electron chi connectivity index (χ1n) is 9.10. The Morgan fingerprint density at radius 2 is 2.05 bits per heavy atom.